The Kier molecular flexibility index (Phi) is 3.13. The van der Waals surface area contributed by atoms with E-state index in [9.17, 15) is 8.42 Å². The second kappa shape index (κ2) is 4.89. The van der Waals surface area contributed by atoms with E-state index >= 15 is 0 Å². The molecule has 2 saturated carbocycles. The van der Waals surface area contributed by atoms with Gasteiger partial charge in [-0.2, -0.15) is 4.98 Å². The lowest BCUT2D eigenvalue weighted by molar-refractivity contribution is 0.292. The lowest BCUT2D eigenvalue weighted by Gasteiger charge is -2.20. The van der Waals surface area contributed by atoms with Crippen molar-refractivity contribution in [2.24, 2.45) is 0 Å². The number of hydrogen-bond donors (Lipinski definition) is 1. The van der Waals surface area contributed by atoms with Crippen molar-refractivity contribution in [1.82, 2.24) is 14.9 Å². The molecule has 2 aromatic heterocycles. The maximum atomic E-state index is 12.1. The van der Waals surface area contributed by atoms with Crippen LogP contribution in [0.25, 0.3) is 11.4 Å². The van der Waals surface area contributed by atoms with E-state index in [0.717, 1.165) is 25.7 Å². The van der Waals surface area contributed by atoms with Gasteiger partial charge in [-0.15, -0.1) is 11.3 Å². The highest BCUT2D eigenvalue weighted by Gasteiger charge is 2.30. The Morgan fingerprint density at radius 3 is 2.76 bits per heavy atom. The molecule has 6 nitrogen and oxygen atoms in total. The van der Waals surface area contributed by atoms with E-state index in [4.69, 9.17) is 4.52 Å². The van der Waals surface area contributed by atoms with Crippen molar-refractivity contribution < 1.29 is 12.9 Å². The predicted molar refractivity (Wildman–Crippen MR) is 77.5 cm³/mol. The second-order valence-corrected chi connectivity index (χ2v) is 8.49. The second-order valence-electron chi connectivity index (χ2n) is 5.63. The highest BCUT2D eigenvalue weighted by Crippen LogP contribution is 2.36. The van der Waals surface area contributed by atoms with Crippen LogP contribution in [0.15, 0.2) is 20.2 Å². The van der Waals surface area contributed by atoms with Gasteiger partial charge in [0.1, 0.15) is 4.21 Å². The quantitative estimate of drug-likeness (QED) is 0.913. The Morgan fingerprint density at radius 2 is 2.10 bits per heavy atom. The van der Waals surface area contributed by atoms with Crippen LogP contribution in [-0.4, -0.2) is 24.6 Å². The zero-order valence-corrected chi connectivity index (χ0v) is 12.9. The van der Waals surface area contributed by atoms with Crippen LogP contribution < -0.4 is 4.72 Å². The summed E-state index contributed by atoms with van der Waals surface area (Å²) in [5, 5.41) is 5.72. The summed E-state index contributed by atoms with van der Waals surface area (Å²) in [7, 11) is -3.40. The molecule has 2 aromatic rings. The molecule has 0 aliphatic heterocycles. The highest BCUT2D eigenvalue weighted by molar-refractivity contribution is 7.91. The van der Waals surface area contributed by atoms with Crippen LogP contribution in [-0.2, 0) is 10.0 Å². The molecule has 2 aliphatic carbocycles. The summed E-state index contributed by atoms with van der Waals surface area (Å²) in [5.74, 6) is 1.52. The monoisotopic (exact) mass is 325 g/mol. The lowest BCUT2D eigenvalue weighted by Crippen LogP contribution is -2.24. The summed E-state index contributed by atoms with van der Waals surface area (Å²) in [6, 6.07) is 1.72. The lowest BCUT2D eigenvalue weighted by atomic mass is 9.85. The van der Waals surface area contributed by atoms with E-state index in [-0.39, 0.29) is 6.04 Å². The van der Waals surface area contributed by atoms with Crippen LogP contribution >= 0.6 is 11.3 Å². The maximum absolute atomic E-state index is 12.1. The molecule has 2 fully saturated rings. The Morgan fingerprint density at radius 1 is 1.29 bits per heavy atom. The molecule has 0 spiro atoms. The number of nitrogens with zero attached hydrogens (tertiary/aromatic N) is 2. The van der Waals surface area contributed by atoms with Crippen LogP contribution in [0.4, 0.5) is 0 Å². The van der Waals surface area contributed by atoms with Gasteiger partial charge >= 0.3 is 0 Å². The fraction of sp³-hybridized carbons (Fsp3) is 0.538. The molecule has 0 unspecified atom stereocenters. The number of hydrogen-bond acceptors (Lipinski definition) is 6. The summed E-state index contributed by atoms with van der Waals surface area (Å²) >= 11 is 1.19. The first-order valence-corrected chi connectivity index (χ1v) is 9.43. The molecular formula is C13H15N3O3S2. The molecule has 112 valence electrons. The first-order chi connectivity index (χ1) is 10.1. The Bertz CT molecular complexity index is 757. The van der Waals surface area contributed by atoms with Crippen LogP contribution in [0.5, 0.6) is 0 Å². The number of thiophene rings is 1. The number of sulfonamides is 1. The van der Waals surface area contributed by atoms with Gasteiger partial charge in [-0.1, -0.05) is 11.6 Å². The summed E-state index contributed by atoms with van der Waals surface area (Å²) < 4.78 is 32.5. The maximum Gasteiger partial charge on any atom is 0.250 e. The van der Waals surface area contributed by atoms with Crippen LogP contribution in [0, 0.1) is 0 Å². The third-order valence-electron chi connectivity index (χ3n) is 3.89. The molecule has 0 aromatic carbocycles. The van der Waals surface area contributed by atoms with Gasteiger partial charge < -0.3 is 4.52 Å². The average molecular weight is 325 g/mol. The minimum absolute atomic E-state index is 0.107. The molecule has 2 heterocycles. The number of aromatic nitrogens is 2. The first kappa shape index (κ1) is 13.4. The summed E-state index contributed by atoms with van der Waals surface area (Å²) in [6.07, 6.45) is 5.24. The third-order valence-corrected chi connectivity index (χ3v) is 6.85. The van der Waals surface area contributed by atoms with E-state index < -0.39 is 10.0 Å². The van der Waals surface area contributed by atoms with Crippen molar-refractivity contribution in [1.29, 1.82) is 0 Å². The van der Waals surface area contributed by atoms with Crippen LogP contribution in [0.2, 0.25) is 0 Å². The van der Waals surface area contributed by atoms with Gasteiger partial charge in [-0.25, -0.2) is 13.1 Å². The van der Waals surface area contributed by atoms with Crippen molar-refractivity contribution in [3.63, 3.8) is 0 Å². The average Bonchev–Trinajstić information content (AvgIpc) is 2.91. The molecule has 8 heteroatoms. The Hall–Kier alpha value is -1.25. The minimum atomic E-state index is -3.40. The largest absolute Gasteiger partial charge is 0.339 e. The molecule has 1 N–H and O–H groups in total. The van der Waals surface area contributed by atoms with E-state index in [1.165, 1.54) is 17.8 Å². The van der Waals surface area contributed by atoms with Crippen molar-refractivity contribution >= 4 is 21.4 Å². The minimum Gasteiger partial charge on any atom is -0.339 e. The zero-order chi connectivity index (χ0) is 14.4. The third kappa shape index (κ3) is 2.63. The summed E-state index contributed by atoms with van der Waals surface area (Å²) in [4.78, 5) is 4.38. The SMILES string of the molecule is O=S(=O)(NC1CC1)c1cc(-c2noc(C3CCC3)n2)cs1. The molecule has 0 saturated heterocycles. The first-order valence-electron chi connectivity index (χ1n) is 7.07. The molecule has 4 rings (SSSR count). The Balaban J connectivity index is 1.57. The fourth-order valence-electron chi connectivity index (χ4n) is 2.23. The predicted octanol–water partition coefficient (Wildman–Crippen LogP) is 2.51. The Labute approximate surface area is 126 Å². The van der Waals surface area contributed by atoms with Gasteiger partial charge in [0.05, 0.1) is 0 Å². The van der Waals surface area contributed by atoms with Crippen molar-refractivity contribution in [3.05, 3.63) is 17.3 Å². The van der Waals surface area contributed by atoms with Crippen molar-refractivity contribution in [2.45, 2.75) is 48.3 Å². The van der Waals surface area contributed by atoms with Crippen LogP contribution in [0.1, 0.15) is 43.9 Å². The van der Waals surface area contributed by atoms with Gasteiger partial charge in [0.2, 0.25) is 21.7 Å². The molecule has 0 amide bonds. The van der Waals surface area contributed by atoms with Gasteiger partial charge in [0, 0.05) is 22.9 Å². The fourth-order valence-corrected chi connectivity index (χ4v) is 4.71. The standard InChI is InChI=1S/C13H15N3O3S2/c17-21(18,16-10-4-5-10)11-6-9(7-20-11)12-14-13(19-15-12)8-2-1-3-8/h6-8,10,16H,1-5H2. The summed E-state index contributed by atoms with van der Waals surface area (Å²) in [5.41, 5.74) is 0.700. The molecular weight excluding hydrogens is 310 g/mol. The topological polar surface area (TPSA) is 85.1 Å². The van der Waals surface area contributed by atoms with Gasteiger partial charge in [0.25, 0.3) is 0 Å². The smallest absolute Gasteiger partial charge is 0.250 e. The highest BCUT2D eigenvalue weighted by atomic mass is 32.2. The van der Waals surface area contributed by atoms with Crippen LogP contribution in [0.3, 0.4) is 0 Å². The van der Waals surface area contributed by atoms with Crippen molar-refractivity contribution in [3.8, 4) is 11.4 Å². The van der Waals surface area contributed by atoms with Crippen molar-refractivity contribution in [2.75, 3.05) is 0 Å². The molecule has 0 atom stereocenters. The molecule has 0 bridgehead atoms. The zero-order valence-electron chi connectivity index (χ0n) is 11.3. The van der Waals surface area contributed by atoms with Gasteiger partial charge in [-0.05, 0) is 31.7 Å². The van der Waals surface area contributed by atoms with Gasteiger partial charge in [0.15, 0.2) is 0 Å². The number of rotatable bonds is 5. The van der Waals surface area contributed by atoms with E-state index in [0.29, 0.717) is 27.4 Å². The molecule has 0 radical (unpaired) electrons. The molecule has 2 aliphatic rings. The van der Waals surface area contributed by atoms with E-state index in [1.54, 1.807) is 11.4 Å². The van der Waals surface area contributed by atoms with E-state index in [1.807, 2.05) is 0 Å². The van der Waals surface area contributed by atoms with E-state index in [2.05, 4.69) is 14.9 Å². The normalized spacial score (nSPS) is 19.6. The molecule has 21 heavy (non-hydrogen) atoms. The van der Waals surface area contributed by atoms with Gasteiger partial charge in [-0.3, -0.25) is 0 Å². The number of nitrogens with one attached hydrogen (secondary N) is 1. The summed E-state index contributed by atoms with van der Waals surface area (Å²) in [6.45, 7) is 0.